The van der Waals surface area contributed by atoms with Crippen molar-refractivity contribution in [3.8, 4) is 0 Å². The SMILES string of the molecule is C=C(C)CCC(NCCC)c1cc(Cl)ccc1C. The Morgan fingerprint density at radius 2 is 2.17 bits per heavy atom. The summed E-state index contributed by atoms with van der Waals surface area (Å²) in [4.78, 5) is 0. The summed E-state index contributed by atoms with van der Waals surface area (Å²) in [6.45, 7) is 11.4. The minimum absolute atomic E-state index is 0.375. The summed E-state index contributed by atoms with van der Waals surface area (Å²) in [5.41, 5.74) is 3.85. The maximum Gasteiger partial charge on any atom is 0.0409 e. The molecule has 2 heteroatoms. The van der Waals surface area contributed by atoms with Gasteiger partial charge in [0.1, 0.15) is 0 Å². The minimum Gasteiger partial charge on any atom is -0.310 e. The molecule has 1 atom stereocenters. The second-order valence-electron chi connectivity index (χ2n) is 5.00. The molecule has 0 spiro atoms. The van der Waals surface area contributed by atoms with Gasteiger partial charge in [0.2, 0.25) is 0 Å². The number of aryl methyl sites for hydroxylation is 1. The zero-order valence-electron chi connectivity index (χ0n) is 11.7. The molecule has 0 aliphatic heterocycles. The molecule has 1 unspecified atom stereocenters. The van der Waals surface area contributed by atoms with Crippen molar-refractivity contribution < 1.29 is 0 Å². The topological polar surface area (TPSA) is 12.0 Å². The Bertz CT molecular complexity index is 398. The lowest BCUT2D eigenvalue weighted by atomic mass is 9.96. The summed E-state index contributed by atoms with van der Waals surface area (Å²) in [5, 5.41) is 4.42. The van der Waals surface area contributed by atoms with Gasteiger partial charge in [0.25, 0.3) is 0 Å². The quantitative estimate of drug-likeness (QED) is 0.681. The van der Waals surface area contributed by atoms with Gasteiger partial charge in [-0.3, -0.25) is 0 Å². The minimum atomic E-state index is 0.375. The van der Waals surface area contributed by atoms with Crippen molar-refractivity contribution in [2.24, 2.45) is 0 Å². The molecule has 18 heavy (non-hydrogen) atoms. The first kappa shape index (κ1) is 15.3. The van der Waals surface area contributed by atoms with Gasteiger partial charge in [0.05, 0.1) is 0 Å². The predicted molar refractivity (Wildman–Crippen MR) is 81.3 cm³/mol. The third-order valence-corrected chi connectivity index (χ3v) is 3.35. The van der Waals surface area contributed by atoms with Crippen molar-refractivity contribution in [2.75, 3.05) is 6.54 Å². The van der Waals surface area contributed by atoms with Crippen LogP contribution in [0.25, 0.3) is 0 Å². The number of rotatable bonds is 7. The van der Waals surface area contributed by atoms with Crippen LogP contribution in [0, 0.1) is 6.92 Å². The summed E-state index contributed by atoms with van der Waals surface area (Å²) >= 11 is 6.11. The maximum atomic E-state index is 6.11. The Labute approximate surface area is 116 Å². The van der Waals surface area contributed by atoms with Crippen molar-refractivity contribution in [1.82, 2.24) is 5.32 Å². The standard InChI is InChI=1S/C16H24ClN/c1-5-10-18-16(9-6-12(2)3)15-11-14(17)8-7-13(15)4/h7-8,11,16,18H,2,5-6,9-10H2,1,3-4H3. The van der Waals surface area contributed by atoms with E-state index in [0.29, 0.717) is 6.04 Å². The Morgan fingerprint density at radius 3 is 2.78 bits per heavy atom. The second kappa shape index (κ2) is 7.60. The van der Waals surface area contributed by atoms with E-state index in [4.69, 9.17) is 11.6 Å². The zero-order valence-corrected chi connectivity index (χ0v) is 12.5. The van der Waals surface area contributed by atoms with Crippen LogP contribution < -0.4 is 5.32 Å². The third kappa shape index (κ3) is 4.83. The fourth-order valence-electron chi connectivity index (χ4n) is 2.06. The van der Waals surface area contributed by atoms with Crippen LogP contribution in [-0.4, -0.2) is 6.54 Å². The molecule has 0 heterocycles. The van der Waals surface area contributed by atoms with Gasteiger partial charge in [0, 0.05) is 11.1 Å². The molecule has 1 N–H and O–H groups in total. The highest BCUT2D eigenvalue weighted by atomic mass is 35.5. The number of allylic oxidation sites excluding steroid dienone is 1. The molecule has 1 aromatic rings. The molecule has 0 radical (unpaired) electrons. The number of nitrogens with one attached hydrogen (secondary N) is 1. The van der Waals surface area contributed by atoms with Gasteiger partial charge in [-0.1, -0.05) is 30.2 Å². The molecule has 0 aliphatic rings. The molecule has 1 rings (SSSR count). The summed E-state index contributed by atoms with van der Waals surface area (Å²) in [6.07, 6.45) is 3.27. The lowest BCUT2D eigenvalue weighted by Gasteiger charge is -2.21. The van der Waals surface area contributed by atoms with Crippen LogP contribution in [0.4, 0.5) is 0 Å². The average Bonchev–Trinajstić information content (AvgIpc) is 2.32. The maximum absolute atomic E-state index is 6.11. The lowest BCUT2D eigenvalue weighted by Crippen LogP contribution is -2.23. The van der Waals surface area contributed by atoms with Crippen molar-refractivity contribution >= 4 is 11.6 Å². The number of hydrogen-bond donors (Lipinski definition) is 1. The normalized spacial score (nSPS) is 12.4. The van der Waals surface area contributed by atoms with Crippen LogP contribution in [0.3, 0.4) is 0 Å². The van der Waals surface area contributed by atoms with Gasteiger partial charge in [-0.15, -0.1) is 6.58 Å². The Balaban J connectivity index is 2.85. The predicted octanol–water partition coefficient (Wildman–Crippen LogP) is 5.05. The molecule has 0 aliphatic carbocycles. The lowest BCUT2D eigenvalue weighted by molar-refractivity contribution is 0.497. The zero-order chi connectivity index (χ0) is 13.5. The third-order valence-electron chi connectivity index (χ3n) is 3.12. The smallest absolute Gasteiger partial charge is 0.0409 e. The van der Waals surface area contributed by atoms with E-state index in [0.717, 1.165) is 30.8 Å². The van der Waals surface area contributed by atoms with E-state index < -0.39 is 0 Å². The summed E-state index contributed by atoms with van der Waals surface area (Å²) in [6, 6.07) is 6.51. The molecule has 1 nitrogen and oxygen atoms in total. The van der Waals surface area contributed by atoms with E-state index in [1.807, 2.05) is 6.07 Å². The van der Waals surface area contributed by atoms with E-state index in [9.17, 15) is 0 Å². The molecular formula is C16H24ClN. The summed E-state index contributed by atoms with van der Waals surface area (Å²) in [5.74, 6) is 0. The highest BCUT2D eigenvalue weighted by molar-refractivity contribution is 6.30. The van der Waals surface area contributed by atoms with E-state index in [1.54, 1.807) is 0 Å². The van der Waals surface area contributed by atoms with E-state index in [1.165, 1.54) is 16.7 Å². The van der Waals surface area contributed by atoms with Crippen LogP contribution in [0.1, 0.15) is 50.3 Å². The van der Waals surface area contributed by atoms with Gasteiger partial charge >= 0.3 is 0 Å². The number of halogens is 1. The van der Waals surface area contributed by atoms with Crippen molar-refractivity contribution in [2.45, 2.75) is 46.1 Å². The Kier molecular flexibility index (Phi) is 6.45. The fraction of sp³-hybridized carbons (Fsp3) is 0.500. The molecule has 0 fully saturated rings. The highest BCUT2D eigenvalue weighted by Crippen LogP contribution is 2.26. The van der Waals surface area contributed by atoms with Gasteiger partial charge in [-0.25, -0.2) is 0 Å². The number of hydrogen-bond acceptors (Lipinski definition) is 1. The average molecular weight is 266 g/mol. The van der Waals surface area contributed by atoms with Crippen LogP contribution >= 0.6 is 11.6 Å². The first-order chi connectivity index (χ1) is 8.54. The fourth-order valence-corrected chi connectivity index (χ4v) is 2.24. The molecule has 0 saturated heterocycles. The van der Waals surface area contributed by atoms with Crippen LogP contribution in [0.2, 0.25) is 5.02 Å². The molecule has 0 bridgehead atoms. The molecule has 1 aromatic carbocycles. The van der Waals surface area contributed by atoms with Gasteiger partial charge < -0.3 is 5.32 Å². The number of benzene rings is 1. The van der Waals surface area contributed by atoms with Crippen molar-refractivity contribution in [1.29, 1.82) is 0 Å². The Hall–Kier alpha value is -0.790. The van der Waals surface area contributed by atoms with Crippen molar-refractivity contribution in [3.63, 3.8) is 0 Å². The van der Waals surface area contributed by atoms with Gasteiger partial charge in [-0.05, 0) is 62.9 Å². The molecule has 0 saturated carbocycles. The van der Waals surface area contributed by atoms with Crippen LogP contribution in [-0.2, 0) is 0 Å². The van der Waals surface area contributed by atoms with Gasteiger partial charge in [0.15, 0.2) is 0 Å². The highest BCUT2D eigenvalue weighted by Gasteiger charge is 2.13. The Morgan fingerprint density at radius 1 is 1.44 bits per heavy atom. The first-order valence-corrected chi connectivity index (χ1v) is 7.06. The van der Waals surface area contributed by atoms with Crippen LogP contribution in [0.5, 0.6) is 0 Å². The molecule has 0 aromatic heterocycles. The van der Waals surface area contributed by atoms with E-state index >= 15 is 0 Å². The summed E-state index contributed by atoms with van der Waals surface area (Å²) < 4.78 is 0. The largest absolute Gasteiger partial charge is 0.310 e. The molecule has 0 amide bonds. The first-order valence-electron chi connectivity index (χ1n) is 6.68. The molecule has 100 valence electrons. The van der Waals surface area contributed by atoms with Crippen molar-refractivity contribution in [3.05, 3.63) is 46.5 Å². The van der Waals surface area contributed by atoms with Crippen LogP contribution in [0.15, 0.2) is 30.4 Å². The monoisotopic (exact) mass is 265 g/mol. The van der Waals surface area contributed by atoms with Gasteiger partial charge in [-0.2, -0.15) is 0 Å². The van der Waals surface area contributed by atoms with E-state index in [-0.39, 0.29) is 0 Å². The molecular weight excluding hydrogens is 242 g/mol. The summed E-state index contributed by atoms with van der Waals surface area (Å²) in [7, 11) is 0. The second-order valence-corrected chi connectivity index (χ2v) is 5.44. The van der Waals surface area contributed by atoms with E-state index in [2.05, 4.69) is 44.8 Å².